The van der Waals surface area contributed by atoms with Crippen molar-refractivity contribution in [3.8, 4) is 0 Å². The summed E-state index contributed by atoms with van der Waals surface area (Å²) < 4.78 is 0. The summed E-state index contributed by atoms with van der Waals surface area (Å²) in [6.45, 7) is 6.91. The molecule has 162 valence electrons. The van der Waals surface area contributed by atoms with Crippen LogP contribution in [0.25, 0.3) is 0 Å². The molecule has 0 aromatic heterocycles. The van der Waals surface area contributed by atoms with E-state index in [0.29, 0.717) is 32.4 Å². The highest BCUT2D eigenvalue weighted by Gasteiger charge is 2.56. The molecule has 10 heteroatoms. The molecular weight excluding hydrogens is 378 g/mol. The van der Waals surface area contributed by atoms with E-state index in [-0.39, 0.29) is 23.6 Å². The zero-order valence-corrected chi connectivity index (χ0v) is 17.7. The topological polar surface area (TPSA) is 128 Å². The molecule has 0 bridgehead atoms. The second kappa shape index (κ2) is 8.79. The Morgan fingerprint density at radius 3 is 2.21 bits per heavy atom. The van der Waals surface area contributed by atoms with Crippen LogP contribution in [0.3, 0.4) is 0 Å². The van der Waals surface area contributed by atoms with Crippen LogP contribution in [-0.2, 0) is 24.0 Å². The Morgan fingerprint density at radius 1 is 0.966 bits per heavy atom. The summed E-state index contributed by atoms with van der Waals surface area (Å²) in [7, 11) is 1.48. The monoisotopic (exact) mass is 409 g/mol. The predicted molar refractivity (Wildman–Crippen MR) is 104 cm³/mol. The van der Waals surface area contributed by atoms with Crippen molar-refractivity contribution in [3.63, 3.8) is 0 Å². The SMILES string of the molecule is CNC(=O)[C@H](C)NC(=O)[C@H](C)N1CCC2(CCCN2C(=O)[C@H](C)NC(C)=O)C1=O. The smallest absolute Gasteiger partial charge is 0.249 e. The molecule has 1 unspecified atom stereocenters. The second-order valence-corrected chi connectivity index (χ2v) is 7.82. The maximum atomic E-state index is 13.3. The lowest BCUT2D eigenvalue weighted by Gasteiger charge is -2.36. The molecule has 2 saturated heterocycles. The minimum absolute atomic E-state index is 0.256. The van der Waals surface area contributed by atoms with Gasteiger partial charge in [0.05, 0.1) is 0 Å². The van der Waals surface area contributed by atoms with Crippen molar-refractivity contribution >= 4 is 29.5 Å². The summed E-state index contributed by atoms with van der Waals surface area (Å²) in [5, 5.41) is 7.64. The first-order valence-electron chi connectivity index (χ1n) is 9.96. The standard InChI is InChI=1S/C19H31N5O5/c1-11(15(26)20-5)22-16(27)13(3)23-10-8-19(18(23)29)7-6-9-24(19)17(28)12(2)21-14(4)25/h11-13H,6-10H2,1-5H3,(H,20,26)(H,21,25)(H,22,27)/t11-,12-,13-,19?/m0/s1. The molecule has 2 aliphatic rings. The fourth-order valence-corrected chi connectivity index (χ4v) is 4.19. The van der Waals surface area contributed by atoms with Crippen molar-refractivity contribution in [1.29, 1.82) is 0 Å². The predicted octanol–water partition coefficient (Wildman–Crippen LogP) is -1.26. The highest BCUT2D eigenvalue weighted by Crippen LogP contribution is 2.39. The van der Waals surface area contributed by atoms with Crippen molar-refractivity contribution in [2.24, 2.45) is 0 Å². The van der Waals surface area contributed by atoms with Crippen LogP contribution in [0.5, 0.6) is 0 Å². The lowest BCUT2D eigenvalue weighted by Crippen LogP contribution is -2.59. The van der Waals surface area contributed by atoms with Gasteiger partial charge in [0.1, 0.15) is 23.7 Å². The number of rotatable bonds is 6. The lowest BCUT2D eigenvalue weighted by molar-refractivity contribution is -0.150. The van der Waals surface area contributed by atoms with Crippen LogP contribution in [0.15, 0.2) is 0 Å². The first-order valence-corrected chi connectivity index (χ1v) is 9.96. The van der Waals surface area contributed by atoms with Crippen molar-refractivity contribution in [2.45, 2.75) is 70.6 Å². The van der Waals surface area contributed by atoms with Gasteiger partial charge in [-0.05, 0) is 40.0 Å². The van der Waals surface area contributed by atoms with E-state index in [1.54, 1.807) is 25.7 Å². The van der Waals surface area contributed by atoms with E-state index in [1.165, 1.54) is 18.9 Å². The van der Waals surface area contributed by atoms with E-state index in [4.69, 9.17) is 0 Å². The second-order valence-electron chi connectivity index (χ2n) is 7.82. The van der Waals surface area contributed by atoms with Crippen LogP contribution < -0.4 is 16.0 Å². The highest BCUT2D eigenvalue weighted by molar-refractivity contribution is 5.99. The molecule has 3 N–H and O–H groups in total. The van der Waals surface area contributed by atoms with Crippen LogP contribution in [0.4, 0.5) is 0 Å². The van der Waals surface area contributed by atoms with Crippen LogP contribution in [0, 0.1) is 0 Å². The zero-order chi connectivity index (χ0) is 21.9. The maximum absolute atomic E-state index is 13.3. The van der Waals surface area contributed by atoms with Crippen LogP contribution in [0.2, 0.25) is 0 Å². The Hall–Kier alpha value is -2.65. The summed E-state index contributed by atoms with van der Waals surface area (Å²) in [6.07, 6.45) is 1.66. The molecule has 0 aromatic rings. The van der Waals surface area contributed by atoms with Gasteiger partial charge in [-0.25, -0.2) is 0 Å². The third kappa shape index (κ3) is 4.35. The van der Waals surface area contributed by atoms with E-state index in [2.05, 4.69) is 16.0 Å². The van der Waals surface area contributed by atoms with Gasteiger partial charge in [-0.15, -0.1) is 0 Å². The molecular formula is C19H31N5O5. The summed E-state index contributed by atoms with van der Waals surface area (Å²) in [5.74, 6) is -1.61. The lowest BCUT2D eigenvalue weighted by atomic mass is 9.93. The van der Waals surface area contributed by atoms with Crippen molar-refractivity contribution in [1.82, 2.24) is 25.8 Å². The number of carbonyl (C=O) groups is 5. The van der Waals surface area contributed by atoms with E-state index < -0.39 is 29.6 Å². The van der Waals surface area contributed by atoms with Gasteiger partial charge >= 0.3 is 0 Å². The fraction of sp³-hybridized carbons (Fsp3) is 0.737. The first-order chi connectivity index (χ1) is 13.5. The van der Waals surface area contributed by atoms with E-state index in [1.807, 2.05) is 0 Å². The van der Waals surface area contributed by atoms with E-state index >= 15 is 0 Å². The number of likely N-dealkylation sites (N-methyl/N-ethyl adjacent to an activating group) is 1. The van der Waals surface area contributed by atoms with Gasteiger partial charge in [-0.3, -0.25) is 24.0 Å². The minimum atomic E-state index is -0.967. The molecule has 5 amide bonds. The zero-order valence-electron chi connectivity index (χ0n) is 17.7. The third-order valence-electron chi connectivity index (χ3n) is 5.82. The van der Waals surface area contributed by atoms with Gasteiger partial charge in [0.15, 0.2) is 0 Å². The first kappa shape index (κ1) is 22.6. The molecule has 2 fully saturated rings. The van der Waals surface area contributed by atoms with Gasteiger partial charge < -0.3 is 25.8 Å². The van der Waals surface area contributed by atoms with Gasteiger partial charge in [0, 0.05) is 27.1 Å². The van der Waals surface area contributed by atoms with Crippen molar-refractivity contribution in [2.75, 3.05) is 20.1 Å². The highest BCUT2D eigenvalue weighted by atomic mass is 16.2. The Balaban J connectivity index is 2.12. The molecule has 0 aliphatic carbocycles. The largest absolute Gasteiger partial charge is 0.357 e. The van der Waals surface area contributed by atoms with Crippen molar-refractivity contribution < 1.29 is 24.0 Å². The molecule has 0 saturated carbocycles. The normalized spacial score (nSPS) is 24.2. The molecule has 0 aromatic carbocycles. The van der Waals surface area contributed by atoms with Crippen molar-refractivity contribution in [3.05, 3.63) is 0 Å². The van der Waals surface area contributed by atoms with Gasteiger partial charge in [-0.2, -0.15) is 0 Å². The Bertz CT molecular complexity index is 711. The molecule has 2 rings (SSSR count). The Labute approximate surface area is 170 Å². The fourth-order valence-electron chi connectivity index (χ4n) is 4.19. The number of amides is 5. The minimum Gasteiger partial charge on any atom is -0.357 e. The maximum Gasteiger partial charge on any atom is 0.249 e. The number of nitrogens with one attached hydrogen (secondary N) is 3. The number of likely N-dealkylation sites (tertiary alicyclic amines) is 2. The average molecular weight is 409 g/mol. The molecule has 0 radical (unpaired) electrons. The Kier molecular flexibility index (Phi) is 6.86. The number of hydrogen-bond donors (Lipinski definition) is 3. The molecule has 2 aliphatic heterocycles. The van der Waals surface area contributed by atoms with Gasteiger partial charge in [-0.1, -0.05) is 0 Å². The molecule has 1 spiro atoms. The van der Waals surface area contributed by atoms with E-state index in [0.717, 1.165) is 0 Å². The van der Waals surface area contributed by atoms with Gasteiger partial charge in [0.2, 0.25) is 29.5 Å². The van der Waals surface area contributed by atoms with Crippen LogP contribution in [0.1, 0.15) is 47.0 Å². The molecule has 2 heterocycles. The van der Waals surface area contributed by atoms with Crippen LogP contribution in [-0.4, -0.2) is 83.1 Å². The number of nitrogens with zero attached hydrogens (tertiary/aromatic N) is 2. The summed E-state index contributed by atoms with van der Waals surface area (Å²) >= 11 is 0. The number of carbonyl (C=O) groups excluding carboxylic acids is 5. The molecule has 10 nitrogen and oxygen atoms in total. The average Bonchev–Trinajstić information content (AvgIpc) is 3.24. The quantitative estimate of drug-likeness (QED) is 0.505. The summed E-state index contributed by atoms with van der Waals surface area (Å²) in [4.78, 5) is 64.7. The number of hydrogen-bond acceptors (Lipinski definition) is 5. The summed E-state index contributed by atoms with van der Waals surface area (Å²) in [5.41, 5.74) is -0.967. The third-order valence-corrected chi connectivity index (χ3v) is 5.82. The van der Waals surface area contributed by atoms with Gasteiger partial charge in [0.25, 0.3) is 0 Å². The van der Waals surface area contributed by atoms with Crippen LogP contribution >= 0.6 is 0 Å². The molecule has 29 heavy (non-hydrogen) atoms. The Morgan fingerprint density at radius 2 is 1.62 bits per heavy atom. The van der Waals surface area contributed by atoms with E-state index in [9.17, 15) is 24.0 Å². The summed E-state index contributed by atoms with van der Waals surface area (Å²) in [6, 6.07) is -2.21. The molecule has 4 atom stereocenters.